The van der Waals surface area contributed by atoms with Gasteiger partial charge in [0.05, 0.1) is 12.2 Å². The second-order valence-electron chi connectivity index (χ2n) is 6.14. The van der Waals surface area contributed by atoms with Gasteiger partial charge in [-0.15, -0.1) is 16.8 Å². The highest BCUT2D eigenvalue weighted by Gasteiger charge is 2.13. The Hall–Kier alpha value is -2.64. The molecule has 0 aliphatic rings. The lowest BCUT2D eigenvalue weighted by Crippen LogP contribution is -2.37. The van der Waals surface area contributed by atoms with E-state index in [0.29, 0.717) is 31.5 Å². The highest BCUT2D eigenvalue weighted by molar-refractivity contribution is 5.79. The minimum absolute atomic E-state index is 0.430. The topological polar surface area (TPSA) is 93.2 Å². The summed E-state index contributed by atoms with van der Waals surface area (Å²) in [4.78, 5) is 4.56. The summed E-state index contributed by atoms with van der Waals surface area (Å²) < 4.78 is 7.37. The van der Waals surface area contributed by atoms with Crippen LogP contribution in [0.15, 0.2) is 28.2 Å². The van der Waals surface area contributed by atoms with E-state index in [0.717, 1.165) is 35.9 Å². The van der Waals surface area contributed by atoms with Gasteiger partial charge in [0.25, 0.3) is 0 Å². The fraction of sp³-hybridized carbons (Fsp3) is 0.556. The smallest absolute Gasteiger partial charge is 0.192 e. The van der Waals surface area contributed by atoms with Gasteiger partial charge in [0.15, 0.2) is 17.5 Å². The van der Waals surface area contributed by atoms with Gasteiger partial charge in [0.1, 0.15) is 12.4 Å². The number of hydrogen-bond donors (Lipinski definition) is 2. The lowest BCUT2D eigenvalue weighted by molar-refractivity contribution is 0.368. The zero-order chi connectivity index (χ0) is 18.9. The van der Waals surface area contributed by atoms with Gasteiger partial charge in [-0.2, -0.15) is 0 Å². The normalized spacial score (nSPS) is 11.8. The van der Waals surface area contributed by atoms with Gasteiger partial charge in [0, 0.05) is 25.6 Å². The molecular weight excluding hydrogens is 330 g/mol. The third kappa shape index (κ3) is 5.18. The van der Waals surface area contributed by atoms with Crippen molar-refractivity contribution in [3.05, 3.63) is 41.8 Å². The summed E-state index contributed by atoms with van der Waals surface area (Å²) in [5, 5.41) is 18.8. The van der Waals surface area contributed by atoms with E-state index in [-0.39, 0.29) is 0 Å². The van der Waals surface area contributed by atoms with Crippen LogP contribution < -0.4 is 10.6 Å². The number of nitrogens with zero attached hydrogens (tertiary/aromatic N) is 5. The van der Waals surface area contributed by atoms with Crippen LogP contribution in [0.25, 0.3) is 0 Å². The summed E-state index contributed by atoms with van der Waals surface area (Å²) in [6.45, 7) is 11.5. The number of aryl methyl sites for hydroxylation is 1. The van der Waals surface area contributed by atoms with Crippen molar-refractivity contribution in [2.45, 2.75) is 52.6 Å². The van der Waals surface area contributed by atoms with Crippen molar-refractivity contribution >= 4 is 5.96 Å². The van der Waals surface area contributed by atoms with E-state index in [1.54, 1.807) is 6.08 Å². The van der Waals surface area contributed by atoms with Gasteiger partial charge < -0.3 is 19.7 Å². The Bertz CT molecular complexity index is 728. The van der Waals surface area contributed by atoms with Crippen molar-refractivity contribution in [2.24, 2.45) is 12.0 Å². The molecule has 0 saturated heterocycles. The second-order valence-corrected chi connectivity index (χ2v) is 6.14. The molecule has 2 aromatic rings. The van der Waals surface area contributed by atoms with Crippen LogP contribution in [-0.4, -0.2) is 32.4 Å². The van der Waals surface area contributed by atoms with Crippen LogP contribution >= 0.6 is 0 Å². The first-order chi connectivity index (χ1) is 12.6. The van der Waals surface area contributed by atoms with E-state index < -0.39 is 0 Å². The average molecular weight is 359 g/mol. The average Bonchev–Trinajstić information content (AvgIpc) is 3.24. The van der Waals surface area contributed by atoms with Crippen molar-refractivity contribution in [3.63, 3.8) is 0 Å². The van der Waals surface area contributed by atoms with Crippen LogP contribution in [0.4, 0.5) is 0 Å². The van der Waals surface area contributed by atoms with Crippen LogP contribution in [0, 0.1) is 6.92 Å². The van der Waals surface area contributed by atoms with Gasteiger partial charge in [-0.1, -0.05) is 25.1 Å². The number of nitrogens with one attached hydrogen (secondary N) is 2. The Kier molecular flexibility index (Phi) is 7.37. The maximum atomic E-state index is 5.45. The van der Waals surface area contributed by atoms with Crippen LogP contribution in [0.1, 0.15) is 55.7 Å². The highest BCUT2D eigenvalue weighted by Crippen LogP contribution is 2.22. The maximum Gasteiger partial charge on any atom is 0.192 e. The molecule has 0 aromatic carbocycles. The molecule has 26 heavy (non-hydrogen) atoms. The molecule has 0 saturated carbocycles. The molecule has 0 amide bonds. The third-order valence-corrected chi connectivity index (χ3v) is 4.39. The molecule has 0 bridgehead atoms. The summed E-state index contributed by atoms with van der Waals surface area (Å²) in [7, 11) is 1.93. The largest absolute Gasteiger partial charge is 0.359 e. The minimum Gasteiger partial charge on any atom is -0.359 e. The van der Waals surface area contributed by atoms with Gasteiger partial charge in [-0.25, -0.2) is 4.99 Å². The zero-order valence-corrected chi connectivity index (χ0v) is 16.1. The first-order valence-corrected chi connectivity index (χ1v) is 9.02. The molecule has 0 fully saturated rings. The molecule has 0 aliphatic heterocycles. The van der Waals surface area contributed by atoms with Crippen LogP contribution in [0.5, 0.6) is 0 Å². The monoisotopic (exact) mass is 359 g/mol. The number of hydrogen-bond acceptors (Lipinski definition) is 5. The Morgan fingerprint density at radius 3 is 2.73 bits per heavy atom. The predicted molar refractivity (Wildman–Crippen MR) is 102 cm³/mol. The zero-order valence-electron chi connectivity index (χ0n) is 16.1. The molecule has 142 valence electrons. The van der Waals surface area contributed by atoms with Crippen molar-refractivity contribution in [1.29, 1.82) is 0 Å². The number of aliphatic imine (C=N–C) groups is 1. The molecule has 0 unspecified atom stereocenters. The molecule has 2 heterocycles. The van der Waals surface area contributed by atoms with Crippen LogP contribution in [0.2, 0.25) is 0 Å². The molecule has 2 N–H and O–H groups in total. The number of guanidine groups is 1. The molecule has 0 aliphatic carbocycles. The van der Waals surface area contributed by atoms with Crippen molar-refractivity contribution in [1.82, 2.24) is 30.6 Å². The fourth-order valence-corrected chi connectivity index (χ4v) is 2.56. The molecule has 0 radical (unpaired) electrons. The summed E-state index contributed by atoms with van der Waals surface area (Å²) >= 11 is 0. The first-order valence-electron chi connectivity index (χ1n) is 9.02. The summed E-state index contributed by atoms with van der Waals surface area (Å²) in [6.07, 6.45) is 3.89. The molecule has 2 rings (SSSR count). The molecule has 0 spiro atoms. The molecule has 2 aromatic heterocycles. The Balaban J connectivity index is 2.00. The quantitative estimate of drug-likeness (QED) is 0.406. The van der Waals surface area contributed by atoms with E-state index in [4.69, 9.17) is 4.52 Å². The van der Waals surface area contributed by atoms with E-state index in [1.807, 2.05) is 24.6 Å². The summed E-state index contributed by atoms with van der Waals surface area (Å²) in [5.41, 5.74) is 1.01. The molecule has 8 nitrogen and oxygen atoms in total. The van der Waals surface area contributed by atoms with Crippen LogP contribution in [-0.2, 0) is 20.1 Å². The number of rotatable bonds is 9. The van der Waals surface area contributed by atoms with E-state index in [2.05, 4.69) is 51.4 Å². The van der Waals surface area contributed by atoms with Crippen molar-refractivity contribution in [2.75, 3.05) is 6.54 Å². The van der Waals surface area contributed by atoms with E-state index in [1.165, 1.54) is 0 Å². The highest BCUT2D eigenvalue weighted by atomic mass is 16.5. The third-order valence-electron chi connectivity index (χ3n) is 4.39. The van der Waals surface area contributed by atoms with Crippen molar-refractivity contribution < 1.29 is 4.52 Å². The lowest BCUT2D eigenvalue weighted by atomic mass is 9.99. The van der Waals surface area contributed by atoms with Crippen LogP contribution in [0.3, 0.4) is 0 Å². The minimum atomic E-state index is 0.430. The Labute approximate surface area is 154 Å². The summed E-state index contributed by atoms with van der Waals surface area (Å²) in [6, 6.07) is 2.02. The van der Waals surface area contributed by atoms with E-state index >= 15 is 0 Å². The van der Waals surface area contributed by atoms with Crippen molar-refractivity contribution in [3.8, 4) is 0 Å². The van der Waals surface area contributed by atoms with Gasteiger partial charge in [0.2, 0.25) is 0 Å². The predicted octanol–water partition coefficient (Wildman–Crippen LogP) is 2.44. The maximum absolute atomic E-state index is 5.45. The van der Waals surface area contributed by atoms with Gasteiger partial charge >= 0.3 is 0 Å². The second kappa shape index (κ2) is 9.74. The molecule has 0 atom stereocenters. The standard InChI is InChI=1S/C18H29N7O/c1-6-9-19-18(21-12-17-23-22-13(4)25(17)5)20-11-15-10-16(24-26-15)14(7-2)8-3/h6,10,14H,1,7-9,11-12H2,2-5H3,(H2,19,20,21). The Morgan fingerprint density at radius 2 is 2.12 bits per heavy atom. The molecular formula is C18H29N7O. The fourth-order valence-electron chi connectivity index (χ4n) is 2.56. The van der Waals surface area contributed by atoms with Gasteiger partial charge in [-0.05, 0) is 19.8 Å². The number of aromatic nitrogens is 4. The lowest BCUT2D eigenvalue weighted by Gasteiger charge is -2.10. The first kappa shape index (κ1) is 19.7. The Morgan fingerprint density at radius 1 is 1.35 bits per heavy atom. The van der Waals surface area contributed by atoms with Gasteiger partial charge in [-0.3, -0.25) is 0 Å². The SMILES string of the molecule is C=CCNC(=NCc1nnc(C)n1C)NCc1cc(C(CC)CC)no1. The van der Waals surface area contributed by atoms with E-state index in [9.17, 15) is 0 Å². The molecule has 8 heteroatoms. The summed E-state index contributed by atoms with van der Waals surface area (Å²) in [5.74, 6) is 3.55.